The molecule has 3 nitrogen and oxygen atoms in total. The molecule has 3 aliphatic rings. The van der Waals surface area contributed by atoms with Crippen LogP contribution in [0.25, 0.3) is 0 Å². The number of carbonyl (C=O) groups excluding carboxylic acids is 1. The molecule has 0 bridgehead atoms. The van der Waals surface area contributed by atoms with Crippen LogP contribution in [0.4, 0.5) is 0 Å². The standard InChI is InChI=1S/C20H27NO2/c1-14(22)15-8-11-21(12-9-15)19(23)18-13-20(18)10-4-6-16-5-2-3-7-17(16)20/h2-3,5,7,14-15,18,22H,4,6,8-13H2,1H3. The molecule has 2 fully saturated rings. The van der Waals surface area contributed by atoms with Crippen molar-refractivity contribution in [2.75, 3.05) is 13.1 Å². The smallest absolute Gasteiger partial charge is 0.226 e. The lowest BCUT2D eigenvalue weighted by atomic mass is 9.78. The highest BCUT2D eigenvalue weighted by Gasteiger charge is 2.60. The molecule has 124 valence electrons. The van der Waals surface area contributed by atoms with Gasteiger partial charge < -0.3 is 10.0 Å². The zero-order valence-electron chi connectivity index (χ0n) is 14.0. The van der Waals surface area contributed by atoms with Crippen LogP contribution in [0.15, 0.2) is 24.3 Å². The molecule has 3 heteroatoms. The molecule has 1 aromatic rings. The fourth-order valence-electron chi connectivity index (χ4n) is 4.98. The molecular weight excluding hydrogens is 286 g/mol. The summed E-state index contributed by atoms with van der Waals surface area (Å²) in [5, 5.41) is 9.73. The third-order valence-electron chi connectivity index (χ3n) is 6.53. The molecule has 1 amide bonds. The third-order valence-corrected chi connectivity index (χ3v) is 6.53. The minimum atomic E-state index is -0.246. The Balaban J connectivity index is 1.47. The minimum absolute atomic E-state index is 0.146. The van der Waals surface area contributed by atoms with Gasteiger partial charge in [-0.05, 0) is 62.5 Å². The van der Waals surface area contributed by atoms with E-state index in [9.17, 15) is 9.90 Å². The Bertz CT molecular complexity index is 603. The van der Waals surface area contributed by atoms with Crippen molar-refractivity contribution in [2.24, 2.45) is 11.8 Å². The minimum Gasteiger partial charge on any atom is -0.393 e. The van der Waals surface area contributed by atoms with Gasteiger partial charge in [-0.3, -0.25) is 4.79 Å². The van der Waals surface area contributed by atoms with Gasteiger partial charge >= 0.3 is 0 Å². The molecule has 1 aromatic carbocycles. The fraction of sp³-hybridized carbons (Fsp3) is 0.650. The van der Waals surface area contributed by atoms with Gasteiger partial charge in [0.05, 0.1) is 6.10 Å². The summed E-state index contributed by atoms with van der Waals surface area (Å²) in [6, 6.07) is 8.74. The molecule has 2 aliphatic carbocycles. The first-order chi connectivity index (χ1) is 11.1. The largest absolute Gasteiger partial charge is 0.393 e. The molecule has 1 spiro atoms. The number of hydrogen-bond donors (Lipinski definition) is 1. The molecule has 1 aliphatic heterocycles. The first kappa shape index (κ1) is 15.2. The van der Waals surface area contributed by atoms with Crippen molar-refractivity contribution in [2.45, 2.75) is 57.0 Å². The van der Waals surface area contributed by atoms with Crippen LogP contribution >= 0.6 is 0 Å². The van der Waals surface area contributed by atoms with Crippen molar-refractivity contribution >= 4 is 5.91 Å². The quantitative estimate of drug-likeness (QED) is 0.912. The number of fused-ring (bicyclic) bond motifs is 2. The summed E-state index contributed by atoms with van der Waals surface area (Å²) in [7, 11) is 0. The van der Waals surface area contributed by atoms with Crippen molar-refractivity contribution < 1.29 is 9.90 Å². The van der Waals surface area contributed by atoms with Crippen molar-refractivity contribution in [3.8, 4) is 0 Å². The van der Waals surface area contributed by atoms with E-state index in [0.29, 0.717) is 11.8 Å². The Morgan fingerprint density at radius 1 is 1.30 bits per heavy atom. The Morgan fingerprint density at radius 2 is 2.04 bits per heavy atom. The van der Waals surface area contributed by atoms with Crippen LogP contribution in [0.2, 0.25) is 0 Å². The SMILES string of the molecule is CC(O)C1CCN(C(=O)C2CC23CCCc2ccccc23)CC1. The van der Waals surface area contributed by atoms with Gasteiger partial charge in [0.25, 0.3) is 0 Å². The van der Waals surface area contributed by atoms with Gasteiger partial charge in [-0.15, -0.1) is 0 Å². The van der Waals surface area contributed by atoms with Crippen molar-refractivity contribution in [1.82, 2.24) is 4.90 Å². The van der Waals surface area contributed by atoms with Crippen LogP contribution in [0.3, 0.4) is 0 Å². The highest BCUT2D eigenvalue weighted by atomic mass is 16.3. The first-order valence-electron chi connectivity index (χ1n) is 9.17. The number of carbonyl (C=O) groups is 1. The third kappa shape index (κ3) is 2.50. The predicted molar refractivity (Wildman–Crippen MR) is 90.1 cm³/mol. The van der Waals surface area contributed by atoms with E-state index in [2.05, 4.69) is 29.2 Å². The second kappa shape index (κ2) is 5.62. The average Bonchev–Trinajstić information content (AvgIpc) is 3.29. The molecule has 1 N–H and O–H groups in total. The number of aliphatic hydroxyl groups is 1. The van der Waals surface area contributed by atoms with Gasteiger partial charge in [-0.2, -0.15) is 0 Å². The highest BCUT2D eigenvalue weighted by Crippen LogP contribution is 2.60. The molecule has 4 rings (SSSR count). The Labute approximate surface area is 138 Å². The number of likely N-dealkylation sites (tertiary alicyclic amines) is 1. The fourth-order valence-corrected chi connectivity index (χ4v) is 4.98. The number of nitrogens with zero attached hydrogens (tertiary/aromatic N) is 1. The molecule has 23 heavy (non-hydrogen) atoms. The van der Waals surface area contributed by atoms with Crippen LogP contribution in [0.5, 0.6) is 0 Å². The van der Waals surface area contributed by atoms with Crippen LogP contribution in [-0.2, 0) is 16.6 Å². The maximum atomic E-state index is 13.0. The topological polar surface area (TPSA) is 40.5 Å². The Morgan fingerprint density at radius 3 is 2.78 bits per heavy atom. The molecule has 0 aromatic heterocycles. The van der Waals surface area contributed by atoms with E-state index in [1.54, 1.807) is 0 Å². The molecule has 1 saturated heterocycles. The normalized spacial score (nSPS) is 31.7. The maximum Gasteiger partial charge on any atom is 0.226 e. The van der Waals surface area contributed by atoms with Crippen LogP contribution in [0, 0.1) is 11.8 Å². The number of aliphatic hydroxyl groups excluding tert-OH is 1. The van der Waals surface area contributed by atoms with E-state index < -0.39 is 0 Å². The summed E-state index contributed by atoms with van der Waals surface area (Å²) in [5.74, 6) is 0.931. The second-order valence-corrected chi connectivity index (χ2v) is 7.83. The van der Waals surface area contributed by atoms with Gasteiger partial charge in [0.2, 0.25) is 5.91 Å². The van der Waals surface area contributed by atoms with E-state index in [4.69, 9.17) is 0 Å². The monoisotopic (exact) mass is 313 g/mol. The molecule has 3 unspecified atom stereocenters. The van der Waals surface area contributed by atoms with Crippen LogP contribution in [-0.4, -0.2) is 35.1 Å². The lowest BCUT2D eigenvalue weighted by Crippen LogP contribution is -2.42. The summed E-state index contributed by atoms with van der Waals surface area (Å²) >= 11 is 0. The Hall–Kier alpha value is -1.35. The highest BCUT2D eigenvalue weighted by molar-refractivity contribution is 5.85. The number of rotatable bonds is 2. The van der Waals surface area contributed by atoms with E-state index in [1.807, 2.05) is 6.92 Å². The summed E-state index contributed by atoms with van der Waals surface area (Å²) < 4.78 is 0. The number of benzene rings is 1. The van der Waals surface area contributed by atoms with Crippen LogP contribution < -0.4 is 0 Å². The van der Waals surface area contributed by atoms with Crippen molar-refractivity contribution in [1.29, 1.82) is 0 Å². The van der Waals surface area contributed by atoms with Gasteiger partial charge in [-0.25, -0.2) is 0 Å². The van der Waals surface area contributed by atoms with E-state index in [0.717, 1.165) is 32.4 Å². The van der Waals surface area contributed by atoms with Gasteiger partial charge in [-0.1, -0.05) is 24.3 Å². The molecule has 1 saturated carbocycles. The number of aryl methyl sites for hydroxylation is 1. The summed E-state index contributed by atoms with van der Waals surface area (Å²) in [4.78, 5) is 15.0. The van der Waals surface area contributed by atoms with Gasteiger partial charge in [0, 0.05) is 24.4 Å². The van der Waals surface area contributed by atoms with Crippen molar-refractivity contribution in [3.63, 3.8) is 0 Å². The zero-order chi connectivity index (χ0) is 16.0. The van der Waals surface area contributed by atoms with E-state index in [-0.39, 0.29) is 17.4 Å². The predicted octanol–water partition coefficient (Wildman–Crippen LogP) is 2.90. The lowest BCUT2D eigenvalue weighted by molar-refractivity contribution is -0.135. The number of amides is 1. The number of hydrogen-bond acceptors (Lipinski definition) is 2. The average molecular weight is 313 g/mol. The second-order valence-electron chi connectivity index (χ2n) is 7.83. The molecule has 3 atom stereocenters. The Kier molecular flexibility index (Phi) is 3.72. The van der Waals surface area contributed by atoms with E-state index >= 15 is 0 Å². The maximum absolute atomic E-state index is 13.0. The molecular formula is C20H27NO2. The summed E-state index contributed by atoms with van der Waals surface area (Å²) in [6.07, 6.45) is 6.23. The summed E-state index contributed by atoms with van der Waals surface area (Å²) in [5.41, 5.74) is 3.05. The van der Waals surface area contributed by atoms with E-state index in [1.165, 1.54) is 30.4 Å². The van der Waals surface area contributed by atoms with Gasteiger partial charge in [0.1, 0.15) is 0 Å². The first-order valence-corrected chi connectivity index (χ1v) is 9.17. The lowest BCUT2D eigenvalue weighted by Gasteiger charge is -2.34. The van der Waals surface area contributed by atoms with Crippen LogP contribution in [0.1, 0.15) is 50.2 Å². The van der Waals surface area contributed by atoms with Crippen molar-refractivity contribution in [3.05, 3.63) is 35.4 Å². The zero-order valence-corrected chi connectivity index (χ0v) is 14.0. The molecule has 0 radical (unpaired) electrons. The van der Waals surface area contributed by atoms with Gasteiger partial charge in [0.15, 0.2) is 0 Å². The summed E-state index contributed by atoms with van der Waals surface area (Å²) in [6.45, 7) is 3.52. The molecule has 1 heterocycles. The number of piperidine rings is 1.